The number of carbonyl (C=O) groups is 1. The molecule has 1 rings (SSSR count). The fourth-order valence-corrected chi connectivity index (χ4v) is 1.53. The number of thiocarbonyl (C=S) groups is 1. The molecule has 0 saturated heterocycles. The van der Waals surface area contributed by atoms with Gasteiger partial charge in [0.1, 0.15) is 5.82 Å². The standard InChI is InChI=1S/C12H14FN3OS/c1-7(14)11(15)10(12(17)16-6-18)8-3-2-4-9(13)5-8/h2-7H,14-15H2,1H3,(H,16,17,18)/b11-10-. The van der Waals surface area contributed by atoms with E-state index in [0.29, 0.717) is 5.56 Å². The smallest absolute Gasteiger partial charge is 0.258 e. The molecule has 5 N–H and O–H groups in total. The third kappa shape index (κ3) is 3.35. The molecule has 0 aromatic heterocycles. The Balaban J connectivity index is 3.34. The van der Waals surface area contributed by atoms with Crippen LogP contribution in [-0.2, 0) is 4.79 Å². The molecule has 0 aliphatic heterocycles. The lowest BCUT2D eigenvalue weighted by Gasteiger charge is -2.13. The van der Waals surface area contributed by atoms with Crippen LogP contribution in [0.15, 0.2) is 30.0 Å². The van der Waals surface area contributed by atoms with Crippen molar-refractivity contribution in [1.29, 1.82) is 0 Å². The van der Waals surface area contributed by atoms with E-state index in [0.717, 1.165) is 5.49 Å². The first-order valence-electron chi connectivity index (χ1n) is 5.23. The number of hydrogen-bond acceptors (Lipinski definition) is 4. The summed E-state index contributed by atoms with van der Waals surface area (Å²) in [5.41, 5.74) is 13.2. The molecule has 0 spiro atoms. The molecule has 0 aliphatic rings. The van der Waals surface area contributed by atoms with Crippen molar-refractivity contribution in [3.63, 3.8) is 0 Å². The summed E-state index contributed by atoms with van der Waals surface area (Å²) in [5, 5.41) is 2.33. The number of nitrogens with one attached hydrogen (secondary N) is 1. The van der Waals surface area contributed by atoms with E-state index in [1.807, 2.05) is 0 Å². The minimum atomic E-state index is -0.529. The molecule has 0 bridgehead atoms. The molecule has 1 aromatic rings. The summed E-state index contributed by atoms with van der Waals surface area (Å²) in [5.74, 6) is -0.969. The summed E-state index contributed by atoms with van der Waals surface area (Å²) < 4.78 is 13.2. The third-order valence-electron chi connectivity index (χ3n) is 2.31. The maximum absolute atomic E-state index is 13.2. The van der Waals surface area contributed by atoms with Crippen molar-refractivity contribution >= 4 is 29.2 Å². The zero-order valence-corrected chi connectivity index (χ0v) is 10.6. The Hall–Kier alpha value is -1.79. The van der Waals surface area contributed by atoms with Gasteiger partial charge in [-0.2, -0.15) is 0 Å². The Morgan fingerprint density at radius 1 is 1.56 bits per heavy atom. The van der Waals surface area contributed by atoms with Crippen molar-refractivity contribution in [2.45, 2.75) is 13.0 Å². The van der Waals surface area contributed by atoms with E-state index >= 15 is 0 Å². The maximum Gasteiger partial charge on any atom is 0.258 e. The van der Waals surface area contributed by atoms with Gasteiger partial charge in [0.15, 0.2) is 0 Å². The minimum absolute atomic E-state index is 0.130. The topological polar surface area (TPSA) is 81.1 Å². The van der Waals surface area contributed by atoms with E-state index in [1.54, 1.807) is 13.0 Å². The lowest BCUT2D eigenvalue weighted by atomic mass is 10.00. The van der Waals surface area contributed by atoms with Crippen molar-refractivity contribution in [3.05, 3.63) is 41.3 Å². The summed E-state index contributed by atoms with van der Waals surface area (Å²) in [6.07, 6.45) is 0. The predicted molar refractivity (Wildman–Crippen MR) is 73.0 cm³/mol. The van der Waals surface area contributed by atoms with Crippen LogP contribution < -0.4 is 16.8 Å². The number of carbonyl (C=O) groups excluding carboxylic acids is 1. The second kappa shape index (κ2) is 6.23. The molecule has 0 saturated carbocycles. The van der Waals surface area contributed by atoms with Crippen LogP contribution in [0.25, 0.3) is 5.57 Å². The van der Waals surface area contributed by atoms with Gasteiger partial charge in [-0.25, -0.2) is 4.39 Å². The molecule has 0 radical (unpaired) electrons. The van der Waals surface area contributed by atoms with Crippen LogP contribution in [0.1, 0.15) is 12.5 Å². The van der Waals surface area contributed by atoms with Crippen LogP contribution in [-0.4, -0.2) is 17.4 Å². The largest absolute Gasteiger partial charge is 0.400 e. The van der Waals surface area contributed by atoms with E-state index in [-0.39, 0.29) is 11.3 Å². The first-order chi connectivity index (χ1) is 8.47. The summed E-state index contributed by atoms with van der Waals surface area (Å²) >= 11 is 4.55. The second-order valence-electron chi connectivity index (χ2n) is 3.72. The van der Waals surface area contributed by atoms with Gasteiger partial charge in [-0.1, -0.05) is 24.4 Å². The van der Waals surface area contributed by atoms with Crippen molar-refractivity contribution < 1.29 is 9.18 Å². The molecular formula is C12H14FN3OS. The lowest BCUT2D eigenvalue weighted by Crippen LogP contribution is -2.31. The molecule has 0 heterocycles. The van der Waals surface area contributed by atoms with E-state index in [2.05, 4.69) is 17.5 Å². The summed E-state index contributed by atoms with van der Waals surface area (Å²) in [6.45, 7) is 1.64. The van der Waals surface area contributed by atoms with Crippen molar-refractivity contribution in [3.8, 4) is 0 Å². The van der Waals surface area contributed by atoms with Crippen LogP contribution in [0.3, 0.4) is 0 Å². The minimum Gasteiger partial charge on any atom is -0.400 e. The molecule has 1 aromatic carbocycles. The Morgan fingerprint density at radius 3 is 2.72 bits per heavy atom. The van der Waals surface area contributed by atoms with Crippen LogP contribution in [0.2, 0.25) is 0 Å². The fourth-order valence-electron chi connectivity index (χ4n) is 1.43. The summed E-state index contributed by atoms with van der Waals surface area (Å²) in [7, 11) is 0. The van der Waals surface area contributed by atoms with Gasteiger partial charge in [0.25, 0.3) is 5.91 Å². The van der Waals surface area contributed by atoms with E-state index < -0.39 is 17.8 Å². The Kier molecular flexibility index (Phi) is 4.94. The quantitative estimate of drug-likeness (QED) is 0.559. The SMILES string of the molecule is CC(N)/C(N)=C(/C(=O)NC=S)c1cccc(F)c1. The Bertz CT molecular complexity index is 500. The lowest BCUT2D eigenvalue weighted by molar-refractivity contribution is -0.114. The van der Waals surface area contributed by atoms with E-state index in [9.17, 15) is 9.18 Å². The number of amides is 1. The summed E-state index contributed by atoms with van der Waals surface area (Å²) in [4.78, 5) is 11.9. The normalized spacial score (nSPS) is 13.5. The van der Waals surface area contributed by atoms with Crippen LogP contribution >= 0.6 is 12.2 Å². The molecule has 1 atom stereocenters. The van der Waals surface area contributed by atoms with Gasteiger partial charge in [0.2, 0.25) is 0 Å². The third-order valence-corrected chi connectivity index (χ3v) is 2.43. The predicted octanol–water partition coefficient (Wildman–Crippen LogP) is 0.916. The zero-order valence-electron chi connectivity index (χ0n) is 9.81. The molecule has 4 nitrogen and oxygen atoms in total. The molecule has 18 heavy (non-hydrogen) atoms. The Morgan fingerprint density at radius 2 is 2.22 bits per heavy atom. The van der Waals surface area contributed by atoms with Gasteiger partial charge < -0.3 is 16.8 Å². The molecule has 1 amide bonds. The molecule has 0 fully saturated rings. The highest BCUT2D eigenvalue weighted by molar-refractivity contribution is 7.78. The van der Waals surface area contributed by atoms with Crippen molar-refractivity contribution in [2.75, 3.05) is 0 Å². The van der Waals surface area contributed by atoms with Gasteiger partial charge in [0, 0.05) is 11.7 Å². The van der Waals surface area contributed by atoms with Crippen molar-refractivity contribution in [2.24, 2.45) is 11.5 Å². The molecular weight excluding hydrogens is 253 g/mol. The summed E-state index contributed by atoms with van der Waals surface area (Å²) in [6, 6.07) is 5.04. The molecule has 1 unspecified atom stereocenters. The number of nitrogens with two attached hydrogens (primary N) is 2. The number of rotatable bonds is 4. The Labute approximate surface area is 110 Å². The highest BCUT2D eigenvalue weighted by Gasteiger charge is 2.17. The number of benzene rings is 1. The van der Waals surface area contributed by atoms with Crippen LogP contribution in [0.5, 0.6) is 0 Å². The second-order valence-corrected chi connectivity index (χ2v) is 3.96. The number of halogens is 1. The van der Waals surface area contributed by atoms with Crippen LogP contribution in [0.4, 0.5) is 4.39 Å². The zero-order chi connectivity index (χ0) is 13.7. The number of hydrogen-bond donors (Lipinski definition) is 3. The van der Waals surface area contributed by atoms with Crippen LogP contribution in [0, 0.1) is 5.82 Å². The highest BCUT2D eigenvalue weighted by Crippen LogP contribution is 2.19. The molecule has 0 aliphatic carbocycles. The molecule has 96 valence electrons. The maximum atomic E-state index is 13.2. The van der Waals surface area contributed by atoms with Gasteiger partial charge >= 0.3 is 0 Å². The van der Waals surface area contributed by atoms with E-state index in [1.165, 1.54) is 18.2 Å². The van der Waals surface area contributed by atoms with E-state index in [4.69, 9.17) is 11.5 Å². The molecule has 6 heteroatoms. The first-order valence-corrected chi connectivity index (χ1v) is 5.70. The fraction of sp³-hybridized carbons (Fsp3) is 0.167. The highest BCUT2D eigenvalue weighted by atomic mass is 32.1. The average molecular weight is 267 g/mol. The first kappa shape index (κ1) is 14.3. The van der Waals surface area contributed by atoms with Gasteiger partial charge in [0.05, 0.1) is 11.1 Å². The van der Waals surface area contributed by atoms with Gasteiger partial charge in [-0.3, -0.25) is 4.79 Å². The van der Waals surface area contributed by atoms with Gasteiger partial charge in [-0.05, 0) is 24.6 Å². The van der Waals surface area contributed by atoms with Crippen molar-refractivity contribution in [1.82, 2.24) is 5.32 Å². The average Bonchev–Trinajstić information content (AvgIpc) is 2.29. The van der Waals surface area contributed by atoms with Gasteiger partial charge in [-0.15, -0.1) is 0 Å². The monoisotopic (exact) mass is 267 g/mol.